The summed E-state index contributed by atoms with van der Waals surface area (Å²) in [6, 6.07) is 14.2. The third kappa shape index (κ3) is 3.90. The average Bonchev–Trinajstić information content (AvgIpc) is 2.97. The first-order valence-electron chi connectivity index (χ1n) is 7.24. The monoisotopic (exact) mass is 393 g/mol. The van der Waals surface area contributed by atoms with Gasteiger partial charge in [0.05, 0.1) is 5.56 Å². The number of rotatable bonds is 5. The minimum Gasteiger partial charge on any atom is -0.489 e. The van der Waals surface area contributed by atoms with Crippen LogP contribution in [0.1, 0.15) is 15.9 Å². The van der Waals surface area contributed by atoms with Gasteiger partial charge in [-0.25, -0.2) is 4.79 Å². The predicted molar refractivity (Wildman–Crippen MR) is 102 cm³/mol. The van der Waals surface area contributed by atoms with Gasteiger partial charge in [-0.3, -0.25) is 0 Å². The van der Waals surface area contributed by atoms with Gasteiger partial charge in [-0.1, -0.05) is 29.3 Å². The number of nitrogens with two attached hydrogens (primary N) is 1. The molecular weight excluding hydrogens is 381 g/mol. The molecule has 25 heavy (non-hydrogen) atoms. The Morgan fingerprint density at radius 2 is 1.76 bits per heavy atom. The third-order valence-corrected chi connectivity index (χ3v) is 5.30. The van der Waals surface area contributed by atoms with Gasteiger partial charge in [-0.15, -0.1) is 11.3 Å². The molecule has 0 aliphatic heterocycles. The van der Waals surface area contributed by atoms with Gasteiger partial charge < -0.3 is 15.6 Å². The Labute approximate surface area is 158 Å². The standard InChI is InChI=1S/C18H13Cl2NO3S/c19-14-2-1-3-15(20)13(14)9-24-11-6-4-10(5-7-11)16-8-12(18(22)23)17(21)25-16/h1-8H,9,21H2,(H,22,23). The van der Waals surface area contributed by atoms with E-state index in [1.807, 2.05) is 12.1 Å². The fourth-order valence-electron chi connectivity index (χ4n) is 2.26. The summed E-state index contributed by atoms with van der Waals surface area (Å²) in [4.78, 5) is 11.9. The summed E-state index contributed by atoms with van der Waals surface area (Å²) in [6.45, 7) is 0.257. The summed E-state index contributed by atoms with van der Waals surface area (Å²) in [7, 11) is 0. The fourth-order valence-corrected chi connectivity index (χ4v) is 3.69. The first kappa shape index (κ1) is 17.6. The van der Waals surface area contributed by atoms with E-state index in [4.69, 9.17) is 38.8 Å². The molecule has 3 rings (SSSR count). The molecule has 0 spiro atoms. The Bertz CT molecular complexity index is 902. The van der Waals surface area contributed by atoms with E-state index in [-0.39, 0.29) is 17.2 Å². The molecule has 0 amide bonds. The Hall–Kier alpha value is -2.21. The topological polar surface area (TPSA) is 72.5 Å². The summed E-state index contributed by atoms with van der Waals surface area (Å²) in [5.41, 5.74) is 7.45. The van der Waals surface area contributed by atoms with Gasteiger partial charge in [0, 0.05) is 20.5 Å². The zero-order valence-corrected chi connectivity index (χ0v) is 15.2. The molecule has 0 aliphatic carbocycles. The minimum absolute atomic E-state index is 0.119. The molecule has 128 valence electrons. The van der Waals surface area contributed by atoms with Crippen LogP contribution in [0, 0.1) is 0 Å². The number of anilines is 1. The first-order valence-corrected chi connectivity index (χ1v) is 8.81. The van der Waals surface area contributed by atoms with Gasteiger partial charge in [0.2, 0.25) is 0 Å². The second-order valence-corrected chi connectivity index (χ2v) is 7.11. The van der Waals surface area contributed by atoms with Gasteiger partial charge >= 0.3 is 5.97 Å². The van der Waals surface area contributed by atoms with Gasteiger partial charge in [0.15, 0.2) is 0 Å². The van der Waals surface area contributed by atoms with Crippen molar-refractivity contribution in [2.75, 3.05) is 5.73 Å². The quantitative estimate of drug-likeness (QED) is 0.593. The summed E-state index contributed by atoms with van der Waals surface area (Å²) >= 11 is 13.5. The summed E-state index contributed by atoms with van der Waals surface area (Å²) in [5.74, 6) is -0.376. The largest absolute Gasteiger partial charge is 0.489 e. The molecule has 0 radical (unpaired) electrons. The molecule has 0 fully saturated rings. The Kier molecular flexibility index (Phi) is 5.18. The maximum Gasteiger partial charge on any atom is 0.338 e. The van der Waals surface area contributed by atoms with Crippen LogP contribution in [0.15, 0.2) is 48.5 Å². The Morgan fingerprint density at radius 3 is 2.32 bits per heavy atom. The van der Waals surface area contributed by atoms with E-state index in [0.717, 1.165) is 16.0 Å². The molecule has 7 heteroatoms. The second kappa shape index (κ2) is 7.35. The summed E-state index contributed by atoms with van der Waals surface area (Å²) in [5, 5.41) is 10.5. The van der Waals surface area contributed by atoms with Crippen LogP contribution >= 0.6 is 34.5 Å². The number of benzene rings is 2. The predicted octanol–water partition coefficient (Wildman–Crippen LogP) is 5.58. The van der Waals surface area contributed by atoms with Crippen molar-refractivity contribution < 1.29 is 14.6 Å². The average molecular weight is 394 g/mol. The van der Waals surface area contributed by atoms with Crippen LogP contribution in [0.3, 0.4) is 0 Å². The van der Waals surface area contributed by atoms with Crippen LogP contribution in [-0.4, -0.2) is 11.1 Å². The number of carbonyl (C=O) groups is 1. The van der Waals surface area contributed by atoms with Crippen LogP contribution in [0.25, 0.3) is 10.4 Å². The van der Waals surface area contributed by atoms with Crippen LogP contribution in [-0.2, 0) is 6.61 Å². The molecule has 0 aliphatic rings. The maximum absolute atomic E-state index is 11.1. The van der Waals surface area contributed by atoms with Gasteiger partial charge in [0.25, 0.3) is 0 Å². The highest BCUT2D eigenvalue weighted by Crippen LogP contribution is 2.34. The van der Waals surface area contributed by atoms with Crippen molar-refractivity contribution in [3.05, 3.63) is 69.7 Å². The van der Waals surface area contributed by atoms with Crippen molar-refractivity contribution in [1.29, 1.82) is 0 Å². The molecule has 1 heterocycles. The number of halogens is 2. The highest BCUT2D eigenvalue weighted by molar-refractivity contribution is 7.19. The van der Waals surface area contributed by atoms with Crippen LogP contribution < -0.4 is 10.5 Å². The first-order chi connectivity index (χ1) is 12.0. The van der Waals surface area contributed by atoms with Crippen LogP contribution in [0.5, 0.6) is 5.75 Å². The lowest BCUT2D eigenvalue weighted by molar-refractivity contribution is 0.0698. The SMILES string of the molecule is Nc1sc(-c2ccc(OCc3c(Cl)cccc3Cl)cc2)cc1C(=O)O. The molecule has 0 bridgehead atoms. The normalized spacial score (nSPS) is 10.6. The van der Waals surface area contributed by atoms with Crippen molar-refractivity contribution >= 4 is 45.5 Å². The Balaban J connectivity index is 1.74. The zero-order valence-electron chi connectivity index (χ0n) is 12.8. The number of hydrogen-bond donors (Lipinski definition) is 2. The summed E-state index contributed by atoms with van der Waals surface area (Å²) in [6.07, 6.45) is 0. The molecule has 0 saturated carbocycles. The van der Waals surface area contributed by atoms with Gasteiger partial charge in [0.1, 0.15) is 17.4 Å². The lowest BCUT2D eigenvalue weighted by Crippen LogP contribution is -1.97. The number of nitrogen functional groups attached to an aromatic ring is 1. The van der Waals surface area contributed by atoms with Gasteiger partial charge in [-0.2, -0.15) is 0 Å². The molecule has 4 nitrogen and oxygen atoms in total. The Morgan fingerprint density at radius 1 is 1.12 bits per heavy atom. The number of carboxylic acid groups (broad SMARTS) is 1. The van der Waals surface area contributed by atoms with E-state index in [1.165, 1.54) is 11.3 Å². The molecular formula is C18H13Cl2NO3S. The zero-order chi connectivity index (χ0) is 18.0. The van der Waals surface area contributed by atoms with E-state index < -0.39 is 5.97 Å². The van der Waals surface area contributed by atoms with E-state index in [2.05, 4.69) is 0 Å². The maximum atomic E-state index is 11.1. The van der Waals surface area contributed by atoms with Crippen molar-refractivity contribution in [3.63, 3.8) is 0 Å². The lowest BCUT2D eigenvalue weighted by atomic mass is 10.1. The van der Waals surface area contributed by atoms with Crippen molar-refractivity contribution in [2.24, 2.45) is 0 Å². The van der Waals surface area contributed by atoms with E-state index in [9.17, 15) is 4.79 Å². The second-order valence-electron chi connectivity index (χ2n) is 5.21. The molecule has 2 aromatic carbocycles. The van der Waals surface area contributed by atoms with Crippen LogP contribution in [0.4, 0.5) is 5.00 Å². The van der Waals surface area contributed by atoms with Crippen LogP contribution in [0.2, 0.25) is 10.0 Å². The van der Waals surface area contributed by atoms with E-state index in [0.29, 0.717) is 15.8 Å². The van der Waals surface area contributed by atoms with E-state index >= 15 is 0 Å². The lowest BCUT2D eigenvalue weighted by Gasteiger charge is -2.09. The highest BCUT2D eigenvalue weighted by atomic mass is 35.5. The molecule has 3 aromatic rings. The number of hydrogen-bond acceptors (Lipinski definition) is 4. The fraction of sp³-hybridized carbons (Fsp3) is 0.0556. The molecule has 0 atom stereocenters. The molecule has 0 saturated heterocycles. The smallest absolute Gasteiger partial charge is 0.338 e. The number of thiophene rings is 1. The number of ether oxygens (including phenoxy) is 1. The van der Waals surface area contributed by atoms with E-state index in [1.54, 1.807) is 36.4 Å². The molecule has 0 unspecified atom stereocenters. The highest BCUT2D eigenvalue weighted by Gasteiger charge is 2.14. The number of carboxylic acids is 1. The van der Waals surface area contributed by atoms with Crippen molar-refractivity contribution in [1.82, 2.24) is 0 Å². The molecule has 3 N–H and O–H groups in total. The van der Waals surface area contributed by atoms with Gasteiger partial charge in [-0.05, 0) is 48.0 Å². The third-order valence-electron chi connectivity index (χ3n) is 3.57. The summed E-state index contributed by atoms with van der Waals surface area (Å²) < 4.78 is 5.73. The minimum atomic E-state index is -1.03. The molecule has 1 aromatic heterocycles. The van der Waals surface area contributed by atoms with Crippen molar-refractivity contribution in [3.8, 4) is 16.2 Å². The number of aromatic carboxylic acids is 1. The van der Waals surface area contributed by atoms with Crippen molar-refractivity contribution in [2.45, 2.75) is 6.61 Å².